The average Bonchev–Trinajstić information content (AvgIpc) is 2.44. The SMILES string of the molecule is N#C/C(=C(/N)c1ccc(F)c(Br)c1)c1cccnc1. The van der Waals surface area contributed by atoms with Crippen molar-refractivity contribution in [3.8, 4) is 6.07 Å². The quantitative estimate of drug-likeness (QED) is 0.864. The smallest absolute Gasteiger partial charge is 0.137 e. The summed E-state index contributed by atoms with van der Waals surface area (Å²) in [6, 6.07) is 9.89. The van der Waals surface area contributed by atoms with Crippen molar-refractivity contribution >= 4 is 27.2 Å². The van der Waals surface area contributed by atoms with Crippen molar-refractivity contribution in [2.24, 2.45) is 5.73 Å². The number of halogens is 2. The van der Waals surface area contributed by atoms with Gasteiger partial charge >= 0.3 is 0 Å². The van der Waals surface area contributed by atoms with Gasteiger partial charge in [-0.05, 0) is 40.2 Å². The van der Waals surface area contributed by atoms with E-state index in [1.807, 2.05) is 0 Å². The zero-order chi connectivity index (χ0) is 13.8. The van der Waals surface area contributed by atoms with Gasteiger partial charge < -0.3 is 5.73 Å². The fourth-order valence-corrected chi connectivity index (χ4v) is 1.98. The lowest BCUT2D eigenvalue weighted by atomic mass is 10.0. The van der Waals surface area contributed by atoms with Crippen LogP contribution in [0.1, 0.15) is 11.1 Å². The molecule has 0 atom stereocenters. The van der Waals surface area contributed by atoms with Crippen molar-refractivity contribution in [3.63, 3.8) is 0 Å². The minimum absolute atomic E-state index is 0.288. The molecule has 2 N–H and O–H groups in total. The summed E-state index contributed by atoms with van der Waals surface area (Å²) in [7, 11) is 0. The molecule has 5 heteroatoms. The van der Waals surface area contributed by atoms with Crippen molar-refractivity contribution < 1.29 is 4.39 Å². The van der Waals surface area contributed by atoms with Crippen molar-refractivity contribution in [1.29, 1.82) is 5.26 Å². The monoisotopic (exact) mass is 317 g/mol. The highest BCUT2D eigenvalue weighted by molar-refractivity contribution is 9.10. The van der Waals surface area contributed by atoms with Crippen LogP contribution in [0.25, 0.3) is 11.3 Å². The molecule has 1 aromatic heterocycles. The first-order valence-corrected chi connectivity index (χ1v) is 6.18. The Bertz CT molecular complexity index is 675. The van der Waals surface area contributed by atoms with Crippen molar-refractivity contribution in [2.75, 3.05) is 0 Å². The Morgan fingerprint density at radius 3 is 2.68 bits per heavy atom. The Balaban J connectivity index is 2.56. The van der Waals surface area contributed by atoms with E-state index in [1.54, 1.807) is 30.6 Å². The van der Waals surface area contributed by atoms with E-state index in [0.717, 1.165) is 0 Å². The first kappa shape index (κ1) is 13.2. The maximum atomic E-state index is 13.2. The highest BCUT2D eigenvalue weighted by Crippen LogP contribution is 2.25. The van der Waals surface area contributed by atoms with Crippen LogP contribution in [0.3, 0.4) is 0 Å². The van der Waals surface area contributed by atoms with Gasteiger partial charge in [-0.25, -0.2) is 4.39 Å². The van der Waals surface area contributed by atoms with Gasteiger partial charge in [0.25, 0.3) is 0 Å². The molecular weight excluding hydrogens is 309 g/mol. The van der Waals surface area contributed by atoms with Gasteiger partial charge in [0, 0.05) is 23.5 Å². The molecule has 0 radical (unpaired) electrons. The van der Waals surface area contributed by atoms with Crippen LogP contribution in [0.4, 0.5) is 4.39 Å². The molecule has 19 heavy (non-hydrogen) atoms. The lowest BCUT2D eigenvalue weighted by Gasteiger charge is -2.07. The number of hydrogen-bond donors (Lipinski definition) is 1. The molecule has 0 amide bonds. The van der Waals surface area contributed by atoms with Crippen LogP contribution in [0.5, 0.6) is 0 Å². The highest BCUT2D eigenvalue weighted by Gasteiger charge is 2.10. The van der Waals surface area contributed by atoms with Gasteiger partial charge in [-0.15, -0.1) is 0 Å². The molecule has 2 rings (SSSR count). The number of pyridine rings is 1. The summed E-state index contributed by atoms with van der Waals surface area (Å²) in [6.45, 7) is 0. The number of nitrogens with zero attached hydrogens (tertiary/aromatic N) is 2. The molecule has 0 aliphatic carbocycles. The number of rotatable bonds is 2. The zero-order valence-electron chi connectivity index (χ0n) is 9.77. The predicted molar refractivity (Wildman–Crippen MR) is 75.0 cm³/mol. The molecule has 0 bridgehead atoms. The van der Waals surface area contributed by atoms with Gasteiger partial charge in [-0.3, -0.25) is 4.98 Å². The summed E-state index contributed by atoms with van der Waals surface area (Å²) in [5.74, 6) is -0.378. The lowest BCUT2D eigenvalue weighted by Crippen LogP contribution is -2.01. The minimum Gasteiger partial charge on any atom is -0.397 e. The average molecular weight is 318 g/mol. The van der Waals surface area contributed by atoms with E-state index in [1.165, 1.54) is 12.1 Å². The molecule has 0 spiro atoms. The fraction of sp³-hybridized carbons (Fsp3) is 0. The number of hydrogen-bond acceptors (Lipinski definition) is 3. The maximum absolute atomic E-state index is 13.2. The van der Waals surface area contributed by atoms with Crippen LogP contribution in [0.2, 0.25) is 0 Å². The van der Waals surface area contributed by atoms with Gasteiger partial charge in [0.1, 0.15) is 11.9 Å². The second-order valence-corrected chi connectivity index (χ2v) is 4.63. The third-order valence-corrected chi connectivity index (χ3v) is 3.17. The molecule has 94 valence electrons. The lowest BCUT2D eigenvalue weighted by molar-refractivity contribution is 0.621. The molecule has 2 aromatic rings. The molecule has 0 fully saturated rings. The first-order valence-electron chi connectivity index (χ1n) is 5.39. The van der Waals surface area contributed by atoms with Crippen LogP contribution in [0, 0.1) is 17.1 Å². The highest BCUT2D eigenvalue weighted by atomic mass is 79.9. The Hall–Kier alpha value is -2.19. The van der Waals surface area contributed by atoms with Gasteiger partial charge in [0.05, 0.1) is 15.7 Å². The second-order valence-electron chi connectivity index (χ2n) is 3.77. The van der Waals surface area contributed by atoms with Gasteiger partial charge in [-0.2, -0.15) is 5.26 Å². The fourth-order valence-electron chi connectivity index (χ4n) is 1.60. The summed E-state index contributed by atoms with van der Waals surface area (Å²) in [6.07, 6.45) is 3.17. The van der Waals surface area contributed by atoms with Crippen LogP contribution >= 0.6 is 15.9 Å². The summed E-state index contributed by atoms with van der Waals surface area (Å²) in [4.78, 5) is 3.95. The third kappa shape index (κ3) is 2.80. The van der Waals surface area contributed by atoms with E-state index >= 15 is 0 Å². The van der Waals surface area contributed by atoms with E-state index in [2.05, 4.69) is 27.0 Å². The van der Waals surface area contributed by atoms with Crippen LogP contribution in [-0.4, -0.2) is 4.98 Å². The van der Waals surface area contributed by atoms with Gasteiger partial charge in [-0.1, -0.05) is 6.07 Å². The third-order valence-electron chi connectivity index (χ3n) is 2.56. The summed E-state index contributed by atoms with van der Waals surface area (Å²) in [5.41, 5.74) is 7.79. The molecular formula is C14H9BrFN3. The first-order chi connectivity index (χ1) is 9.13. The van der Waals surface area contributed by atoms with E-state index in [4.69, 9.17) is 5.73 Å². The molecule has 0 saturated carbocycles. The van der Waals surface area contributed by atoms with Gasteiger partial charge in [0.2, 0.25) is 0 Å². The van der Waals surface area contributed by atoms with Crippen LogP contribution in [-0.2, 0) is 0 Å². The standard InChI is InChI=1S/C14H9BrFN3/c15-12-6-9(3-4-13(12)16)14(18)11(7-17)10-2-1-5-19-8-10/h1-6,8H,18H2/b14-11-. The Morgan fingerprint density at radius 1 is 1.32 bits per heavy atom. The number of allylic oxidation sites excluding steroid dienone is 1. The van der Waals surface area contributed by atoms with Gasteiger partial charge in [0.15, 0.2) is 0 Å². The largest absolute Gasteiger partial charge is 0.397 e. The van der Waals surface area contributed by atoms with E-state index < -0.39 is 0 Å². The topological polar surface area (TPSA) is 62.7 Å². The minimum atomic E-state index is -0.378. The Morgan fingerprint density at radius 2 is 2.11 bits per heavy atom. The predicted octanol–water partition coefficient (Wildman–Crippen LogP) is 3.33. The Kier molecular flexibility index (Phi) is 3.93. The second kappa shape index (κ2) is 5.63. The van der Waals surface area contributed by atoms with E-state index in [-0.39, 0.29) is 11.5 Å². The van der Waals surface area contributed by atoms with Crippen LogP contribution < -0.4 is 5.73 Å². The van der Waals surface area contributed by atoms with E-state index in [9.17, 15) is 9.65 Å². The number of nitrogens with two attached hydrogens (primary N) is 1. The number of aromatic nitrogens is 1. The summed E-state index contributed by atoms with van der Waals surface area (Å²) < 4.78 is 13.5. The van der Waals surface area contributed by atoms with Crippen molar-refractivity contribution in [2.45, 2.75) is 0 Å². The molecule has 1 aromatic carbocycles. The normalized spacial score (nSPS) is 11.6. The van der Waals surface area contributed by atoms with Crippen molar-refractivity contribution in [1.82, 2.24) is 4.98 Å². The molecule has 0 aliphatic heterocycles. The van der Waals surface area contributed by atoms with Crippen molar-refractivity contribution in [3.05, 3.63) is 64.1 Å². The molecule has 0 unspecified atom stereocenters. The summed E-state index contributed by atoms with van der Waals surface area (Å²) >= 11 is 3.09. The molecule has 0 aliphatic rings. The summed E-state index contributed by atoms with van der Waals surface area (Å²) in [5, 5.41) is 9.23. The Labute approximate surface area is 118 Å². The zero-order valence-corrected chi connectivity index (χ0v) is 11.4. The maximum Gasteiger partial charge on any atom is 0.137 e. The molecule has 1 heterocycles. The van der Waals surface area contributed by atoms with Crippen LogP contribution in [0.15, 0.2) is 47.2 Å². The molecule has 3 nitrogen and oxygen atoms in total. The van der Waals surface area contributed by atoms with E-state index in [0.29, 0.717) is 21.2 Å². The number of benzene rings is 1. The molecule has 0 saturated heterocycles. The number of nitriles is 1.